The van der Waals surface area contributed by atoms with Gasteiger partial charge in [0.05, 0.1) is 28.7 Å². The van der Waals surface area contributed by atoms with Crippen molar-refractivity contribution in [2.75, 3.05) is 31.2 Å². The predicted octanol–water partition coefficient (Wildman–Crippen LogP) is 5.81. The molecule has 1 N–H and O–H groups in total. The van der Waals surface area contributed by atoms with Gasteiger partial charge < -0.3 is 29.3 Å². The molecule has 0 saturated carbocycles. The molecule has 0 fully saturated rings. The highest BCUT2D eigenvalue weighted by Crippen LogP contribution is 2.31. The van der Waals surface area contributed by atoms with Crippen molar-refractivity contribution >= 4 is 41.1 Å². The normalized spacial score (nSPS) is 14.3. The highest BCUT2D eigenvalue weighted by Gasteiger charge is 2.32. The number of non-ortho nitro benzene ring substituents is 1. The van der Waals surface area contributed by atoms with E-state index < -0.39 is 17.1 Å². The van der Waals surface area contributed by atoms with Gasteiger partial charge in [0.15, 0.2) is 0 Å². The van der Waals surface area contributed by atoms with Crippen LogP contribution in [-0.2, 0) is 11.3 Å². The number of para-hydroxylation sites is 1. The molecule has 1 aliphatic heterocycles. The van der Waals surface area contributed by atoms with Gasteiger partial charge in [-0.2, -0.15) is 0 Å². The number of hydrogen-bond donors (Lipinski definition) is 1. The van der Waals surface area contributed by atoms with E-state index in [1.807, 2.05) is 38.1 Å². The molecule has 1 atom stereocenters. The van der Waals surface area contributed by atoms with Crippen LogP contribution in [-0.4, -0.2) is 60.3 Å². The Bertz CT molecular complexity index is 1480. The van der Waals surface area contributed by atoms with Crippen LogP contribution in [0.5, 0.6) is 11.5 Å². The van der Waals surface area contributed by atoms with E-state index in [-0.39, 0.29) is 54.6 Å². The van der Waals surface area contributed by atoms with Crippen LogP contribution < -0.4 is 19.7 Å². The molecule has 0 aromatic heterocycles. The maximum absolute atomic E-state index is 13.7. The SMILES string of the molecule is CCCOc1ccc(C(=O)N2C[C@@H](C)N(C(=O)NCCOC(=O)Oc3ccc([N+](=O)[O-])cc3)Cc3ccccc32)c(Cl)c1. The summed E-state index contributed by atoms with van der Waals surface area (Å²) in [5.74, 6) is 0.367. The number of carbonyl (C=O) groups is 3. The number of nitrogens with zero attached hydrogens (tertiary/aromatic N) is 3. The molecule has 3 aromatic rings. The quantitative estimate of drug-likeness (QED) is 0.105. The summed E-state index contributed by atoms with van der Waals surface area (Å²) in [6.07, 6.45) is -0.174. The number of nitro groups is 1. The average molecular weight is 611 g/mol. The lowest BCUT2D eigenvalue weighted by molar-refractivity contribution is -0.384. The fraction of sp³-hybridized carbons (Fsp3) is 0.300. The van der Waals surface area contributed by atoms with Gasteiger partial charge in [-0.05, 0) is 55.3 Å². The van der Waals surface area contributed by atoms with Crippen LogP contribution in [0.15, 0.2) is 66.7 Å². The van der Waals surface area contributed by atoms with Crippen LogP contribution in [0, 0.1) is 10.1 Å². The molecule has 4 rings (SSSR count). The van der Waals surface area contributed by atoms with Crippen molar-refractivity contribution in [3.8, 4) is 11.5 Å². The first kappa shape index (κ1) is 31.1. The molecule has 1 aliphatic rings. The van der Waals surface area contributed by atoms with E-state index in [4.69, 9.17) is 25.8 Å². The second-order valence-electron chi connectivity index (χ2n) is 9.69. The number of ether oxygens (including phenoxy) is 3. The number of benzene rings is 3. The molecule has 12 nitrogen and oxygen atoms in total. The summed E-state index contributed by atoms with van der Waals surface area (Å²) in [4.78, 5) is 52.3. The summed E-state index contributed by atoms with van der Waals surface area (Å²) in [6.45, 7) is 4.67. The Kier molecular flexibility index (Phi) is 10.4. The van der Waals surface area contributed by atoms with Crippen LogP contribution in [0.2, 0.25) is 5.02 Å². The van der Waals surface area contributed by atoms with E-state index in [2.05, 4.69) is 5.32 Å². The largest absolute Gasteiger partial charge is 0.513 e. The lowest BCUT2D eigenvalue weighted by Crippen LogP contribution is -2.48. The van der Waals surface area contributed by atoms with E-state index >= 15 is 0 Å². The van der Waals surface area contributed by atoms with Crippen LogP contribution in [0.25, 0.3) is 0 Å². The summed E-state index contributed by atoms with van der Waals surface area (Å²) in [5.41, 5.74) is 1.63. The highest BCUT2D eigenvalue weighted by molar-refractivity contribution is 6.34. The Morgan fingerprint density at radius 3 is 2.47 bits per heavy atom. The third-order valence-electron chi connectivity index (χ3n) is 6.60. The van der Waals surface area contributed by atoms with Crippen molar-refractivity contribution in [1.82, 2.24) is 10.2 Å². The molecule has 0 bridgehead atoms. The van der Waals surface area contributed by atoms with Crippen molar-refractivity contribution in [3.63, 3.8) is 0 Å². The molecular weight excluding hydrogens is 580 g/mol. The monoisotopic (exact) mass is 610 g/mol. The molecule has 226 valence electrons. The number of rotatable bonds is 9. The Balaban J connectivity index is 1.36. The molecule has 0 saturated heterocycles. The predicted molar refractivity (Wildman–Crippen MR) is 159 cm³/mol. The van der Waals surface area contributed by atoms with Gasteiger partial charge in [-0.1, -0.05) is 36.7 Å². The van der Waals surface area contributed by atoms with E-state index in [0.717, 1.165) is 12.0 Å². The van der Waals surface area contributed by atoms with Gasteiger partial charge in [0.2, 0.25) is 0 Å². The van der Waals surface area contributed by atoms with Crippen LogP contribution in [0.3, 0.4) is 0 Å². The number of carbonyl (C=O) groups excluding carboxylic acids is 3. The number of hydrogen-bond acceptors (Lipinski definition) is 8. The van der Waals surface area contributed by atoms with Gasteiger partial charge in [-0.3, -0.25) is 14.9 Å². The molecular formula is C30H31ClN4O8. The third-order valence-corrected chi connectivity index (χ3v) is 6.91. The zero-order valence-corrected chi connectivity index (χ0v) is 24.4. The summed E-state index contributed by atoms with van der Waals surface area (Å²) in [7, 11) is 0. The number of nitro benzene ring substituents is 1. The molecule has 1 heterocycles. The van der Waals surface area contributed by atoms with E-state index in [1.54, 1.807) is 28.0 Å². The number of fused-ring (bicyclic) bond motifs is 1. The molecule has 0 unspecified atom stereocenters. The maximum atomic E-state index is 13.7. The number of urea groups is 1. The summed E-state index contributed by atoms with van der Waals surface area (Å²) in [6, 6.07) is 16.5. The molecule has 0 spiro atoms. The Morgan fingerprint density at radius 2 is 1.77 bits per heavy atom. The zero-order valence-electron chi connectivity index (χ0n) is 23.7. The topological polar surface area (TPSA) is 141 Å². The molecule has 43 heavy (non-hydrogen) atoms. The van der Waals surface area contributed by atoms with Crippen molar-refractivity contribution < 1.29 is 33.5 Å². The zero-order chi connectivity index (χ0) is 30.9. The van der Waals surface area contributed by atoms with Gasteiger partial charge in [0, 0.05) is 37.0 Å². The van der Waals surface area contributed by atoms with E-state index in [0.29, 0.717) is 23.6 Å². The van der Waals surface area contributed by atoms with E-state index in [1.165, 1.54) is 24.3 Å². The Labute approximate surface area is 253 Å². The highest BCUT2D eigenvalue weighted by atomic mass is 35.5. The van der Waals surface area contributed by atoms with Crippen molar-refractivity contribution in [3.05, 3.63) is 93.0 Å². The van der Waals surface area contributed by atoms with Crippen LogP contribution in [0.4, 0.5) is 21.0 Å². The first-order chi connectivity index (χ1) is 20.7. The van der Waals surface area contributed by atoms with Crippen molar-refractivity contribution in [1.29, 1.82) is 0 Å². The second kappa shape index (κ2) is 14.4. The van der Waals surface area contributed by atoms with Gasteiger partial charge in [0.25, 0.3) is 11.6 Å². The summed E-state index contributed by atoms with van der Waals surface area (Å²) in [5, 5.41) is 13.7. The third kappa shape index (κ3) is 7.92. The fourth-order valence-corrected chi connectivity index (χ4v) is 4.70. The molecule has 3 amide bonds. The van der Waals surface area contributed by atoms with Gasteiger partial charge in [0.1, 0.15) is 18.1 Å². The van der Waals surface area contributed by atoms with Crippen LogP contribution in [0.1, 0.15) is 36.2 Å². The molecule has 0 radical (unpaired) electrons. The van der Waals surface area contributed by atoms with Crippen LogP contribution >= 0.6 is 11.6 Å². The first-order valence-corrected chi connectivity index (χ1v) is 14.0. The second-order valence-corrected chi connectivity index (χ2v) is 10.1. The molecule has 0 aliphatic carbocycles. The maximum Gasteiger partial charge on any atom is 0.513 e. The number of nitrogens with one attached hydrogen (secondary N) is 1. The van der Waals surface area contributed by atoms with Crippen molar-refractivity contribution in [2.45, 2.75) is 32.9 Å². The minimum absolute atomic E-state index is 0.00374. The molecule has 13 heteroatoms. The lowest BCUT2D eigenvalue weighted by atomic mass is 10.1. The van der Waals surface area contributed by atoms with Crippen molar-refractivity contribution in [2.24, 2.45) is 0 Å². The van der Waals surface area contributed by atoms with Gasteiger partial charge in [-0.25, -0.2) is 9.59 Å². The Hall–Kier alpha value is -4.84. The van der Waals surface area contributed by atoms with E-state index in [9.17, 15) is 24.5 Å². The number of anilines is 1. The summed E-state index contributed by atoms with van der Waals surface area (Å²) >= 11 is 6.49. The lowest BCUT2D eigenvalue weighted by Gasteiger charge is -2.29. The number of halogens is 1. The Morgan fingerprint density at radius 1 is 1.05 bits per heavy atom. The minimum Gasteiger partial charge on any atom is -0.494 e. The standard InChI is InChI=1S/C30H31ClN4O8/c1-3-15-41-24-12-13-25(26(31)17-24)28(36)34-18-20(2)33(19-21-6-4-5-7-27(21)34)29(37)32-14-16-42-30(38)43-23-10-8-22(9-11-23)35(39)40/h4-13,17,20H,3,14-16,18-19H2,1-2H3,(H,32,37)/t20-/m1/s1. The minimum atomic E-state index is -1.02. The average Bonchev–Trinajstić information content (AvgIpc) is 3.14. The fourth-order valence-electron chi connectivity index (χ4n) is 4.45. The first-order valence-electron chi connectivity index (χ1n) is 13.6. The number of amides is 3. The summed E-state index contributed by atoms with van der Waals surface area (Å²) < 4.78 is 15.6. The van der Waals surface area contributed by atoms with Gasteiger partial charge in [-0.15, -0.1) is 0 Å². The molecule has 3 aromatic carbocycles. The smallest absolute Gasteiger partial charge is 0.494 e. The van der Waals surface area contributed by atoms with Gasteiger partial charge >= 0.3 is 12.2 Å².